The number of hydrogen-bond acceptors (Lipinski definition) is 4. The first-order chi connectivity index (χ1) is 17.0. The number of hydrogen-bond donors (Lipinski definition) is 0. The van der Waals surface area contributed by atoms with Gasteiger partial charge in [0.05, 0.1) is 22.1 Å². The van der Waals surface area contributed by atoms with Crippen molar-refractivity contribution < 1.29 is 0 Å². The summed E-state index contributed by atoms with van der Waals surface area (Å²) >= 11 is 13.3. The maximum atomic E-state index is 6.83. The number of nitrogens with zero attached hydrogens (tertiary/aromatic N) is 6. The van der Waals surface area contributed by atoms with Gasteiger partial charge in [0.2, 0.25) is 0 Å². The molecule has 2 aliphatic rings. The maximum Gasteiger partial charge on any atom is 0.154 e. The van der Waals surface area contributed by atoms with Crippen molar-refractivity contribution in [3.8, 4) is 11.4 Å². The minimum Gasteiger partial charge on any atom is -0.355 e. The standard InChI is InChI=1S/C27H24Cl2N6/c1-33-24(29)22-20(32-33)7-6-19(23(22)28)25-31-16-21-26(30-10-13-35(21)25)34-11-8-27(9-12-34)14-17-4-2-3-5-18(17)15-27/h2-7,10,13,16H,8-9,11-12,14-15H2,1H3. The van der Waals surface area contributed by atoms with E-state index >= 15 is 0 Å². The summed E-state index contributed by atoms with van der Waals surface area (Å²) in [5.41, 5.74) is 6.04. The van der Waals surface area contributed by atoms with Gasteiger partial charge in [-0.25, -0.2) is 9.97 Å². The first kappa shape index (κ1) is 21.2. The third-order valence-corrected chi connectivity index (χ3v) is 8.75. The quantitative estimate of drug-likeness (QED) is 0.298. The van der Waals surface area contributed by atoms with Crippen LogP contribution in [0.15, 0.2) is 55.0 Å². The molecule has 2 aromatic carbocycles. The largest absolute Gasteiger partial charge is 0.355 e. The van der Waals surface area contributed by atoms with E-state index in [1.807, 2.05) is 37.8 Å². The fourth-order valence-electron chi connectivity index (χ4n) is 6.06. The number of imidazole rings is 1. The monoisotopic (exact) mass is 502 g/mol. The molecule has 1 aliphatic heterocycles. The fourth-order valence-corrected chi connectivity index (χ4v) is 6.67. The molecule has 0 bridgehead atoms. The van der Waals surface area contributed by atoms with Crippen molar-refractivity contribution in [2.75, 3.05) is 18.0 Å². The SMILES string of the molecule is Cn1nc2ccc(-c3ncc4c(N5CCC6(CC5)Cc5ccccc5C6)nccn34)c(Cl)c2c1Cl. The topological polar surface area (TPSA) is 51.2 Å². The molecule has 4 heterocycles. The molecule has 8 heteroatoms. The van der Waals surface area contributed by atoms with Crippen LogP contribution in [0.25, 0.3) is 27.8 Å². The van der Waals surface area contributed by atoms with Crippen LogP contribution in [0, 0.1) is 5.41 Å². The average molecular weight is 503 g/mol. The van der Waals surface area contributed by atoms with E-state index in [1.165, 1.54) is 36.8 Å². The van der Waals surface area contributed by atoms with E-state index in [-0.39, 0.29) is 0 Å². The Bertz CT molecular complexity index is 1580. The van der Waals surface area contributed by atoms with Gasteiger partial charge in [0.1, 0.15) is 16.5 Å². The van der Waals surface area contributed by atoms with Crippen molar-refractivity contribution in [3.05, 3.63) is 76.3 Å². The number of rotatable bonds is 2. The molecular weight excluding hydrogens is 479 g/mol. The molecular formula is C27H24Cl2N6. The van der Waals surface area contributed by atoms with Crippen LogP contribution >= 0.6 is 23.2 Å². The van der Waals surface area contributed by atoms with Gasteiger partial charge in [0.25, 0.3) is 0 Å². The zero-order valence-corrected chi connectivity index (χ0v) is 20.9. The van der Waals surface area contributed by atoms with Crippen LogP contribution in [0.1, 0.15) is 24.0 Å². The zero-order valence-electron chi connectivity index (χ0n) is 19.4. The fraction of sp³-hybridized carbons (Fsp3) is 0.296. The van der Waals surface area contributed by atoms with Gasteiger partial charge < -0.3 is 4.90 Å². The predicted octanol–water partition coefficient (Wildman–Crippen LogP) is 5.98. The van der Waals surface area contributed by atoms with Crippen molar-refractivity contribution in [2.24, 2.45) is 12.5 Å². The maximum absolute atomic E-state index is 6.83. The lowest BCUT2D eigenvalue weighted by molar-refractivity contribution is 0.232. The number of halogens is 2. The van der Waals surface area contributed by atoms with Gasteiger partial charge in [0, 0.05) is 38.1 Å². The molecule has 0 radical (unpaired) electrons. The molecule has 0 amide bonds. The molecule has 0 atom stereocenters. The molecule has 1 fully saturated rings. The number of fused-ring (bicyclic) bond motifs is 3. The van der Waals surface area contributed by atoms with E-state index in [0.717, 1.165) is 46.7 Å². The van der Waals surface area contributed by atoms with Crippen LogP contribution in [0.4, 0.5) is 5.82 Å². The predicted molar refractivity (Wildman–Crippen MR) is 140 cm³/mol. The summed E-state index contributed by atoms with van der Waals surface area (Å²) in [4.78, 5) is 12.0. The van der Waals surface area contributed by atoms with Crippen LogP contribution in [0.2, 0.25) is 10.2 Å². The number of aromatic nitrogens is 5. The Morgan fingerprint density at radius 2 is 1.69 bits per heavy atom. The molecule has 6 nitrogen and oxygen atoms in total. The minimum absolute atomic E-state index is 0.391. The smallest absolute Gasteiger partial charge is 0.154 e. The molecule has 5 aromatic rings. The Labute approximate surface area is 213 Å². The van der Waals surface area contributed by atoms with E-state index in [2.05, 4.69) is 38.7 Å². The normalized spacial score (nSPS) is 17.1. The number of anilines is 1. The van der Waals surface area contributed by atoms with E-state index in [9.17, 15) is 0 Å². The van der Waals surface area contributed by atoms with Gasteiger partial charge in [-0.3, -0.25) is 9.08 Å². The number of benzene rings is 2. The first-order valence-corrected chi connectivity index (χ1v) is 12.7. The summed E-state index contributed by atoms with van der Waals surface area (Å²) in [6, 6.07) is 12.8. The summed E-state index contributed by atoms with van der Waals surface area (Å²) < 4.78 is 3.72. The third kappa shape index (κ3) is 3.20. The lowest BCUT2D eigenvalue weighted by Crippen LogP contribution is -2.41. The highest BCUT2D eigenvalue weighted by molar-refractivity contribution is 6.43. The van der Waals surface area contributed by atoms with Crippen LogP contribution in [-0.4, -0.2) is 37.2 Å². The van der Waals surface area contributed by atoms with Crippen molar-refractivity contribution in [3.63, 3.8) is 0 Å². The second kappa shape index (κ2) is 7.70. The van der Waals surface area contributed by atoms with Crippen LogP contribution in [0.3, 0.4) is 0 Å². The van der Waals surface area contributed by atoms with Gasteiger partial charge in [0.15, 0.2) is 5.82 Å². The van der Waals surface area contributed by atoms with Crippen molar-refractivity contribution in [1.82, 2.24) is 24.1 Å². The van der Waals surface area contributed by atoms with Crippen molar-refractivity contribution >= 4 is 45.4 Å². The summed E-state index contributed by atoms with van der Waals surface area (Å²) in [5, 5.41) is 6.26. The van der Waals surface area contributed by atoms with E-state index in [4.69, 9.17) is 33.2 Å². The average Bonchev–Trinajstić information content (AvgIpc) is 3.53. The highest BCUT2D eigenvalue weighted by atomic mass is 35.5. The van der Waals surface area contributed by atoms with Gasteiger partial charge in [-0.05, 0) is 54.4 Å². The Balaban J connectivity index is 1.22. The van der Waals surface area contributed by atoms with Gasteiger partial charge in [-0.2, -0.15) is 5.10 Å². The third-order valence-electron chi connectivity index (χ3n) is 7.92. The zero-order chi connectivity index (χ0) is 23.7. The molecule has 0 unspecified atom stereocenters. The molecule has 1 saturated heterocycles. The van der Waals surface area contributed by atoms with Crippen LogP contribution < -0.4 is 4.90 Å². The van der Waals surface area contributed by atoms with E-state index < -0.39 is 0 Å². The lowest BCUT2D eigenvalue weighted by atomic mass is 9.76. The minimum atomic E-state index is 0.391. The summed E-state index contributed by atoms with van der Waals surface area (Å²) in [7, 11) is 1.81. The van der Waals surface area contributed by atoms with Gasteiger partial charge >= 0.3 is 0 Å². The Morgan fingerprint density at radius 3 is 2.43 bits per heavy atom. The number of piperidine rings is 1. The second-order valence-electron chi connectivity index (χ2n) is 9.93. The lowest BCUT2D eigenvalue weighted by Gasteiger charge is -2.40. The molecule has 0 saturated carbocycles. The Morgan fingerprint density at radius 1 is 0.943 bits per heavy atom. The van der Waals surface area contributed by atoms with Crippen LogP contribution in [-0.2, 0) is 19.9 Å². The summed E-state index contributed by atoms with van der Waals surface area (Å²) in [6.07, 6.45) is 10.4. The molecule has 7 rings (SSSR count). The summed E-state index contributed by atoms with van der Waals surface area (Å²) in [6.45, 7) is 2.00. The van der Waals surface area contributed by atoms with E-state index in [1.54, 1.807) is 4.68 Å². The van der Waals surface area contributed by atoms with Crippen molar-refractivity contribution in [2.45, 2.75) is 25.7 Å². The molecule has 3 aromatic heterocycles. The Hall–Kier alpha value is -3.09. The Kier molecular flexibility index (Phi) is 4.67. The van der Waals surface area contributed by atoms with Crippen LogP contribution in [0.5, 0.6) is 0 Å². The molecule has 0 N–H and O–H groups in total. The number of aryl methyl sites for hydroxylation is 1. The van der Waals surface area contributed by atoms with E-state index in [0.29, 0.717) is 15.6 Å². The highest BCUT2D eigenvalue weighted by Crippen LogP contribution is 2.45. The first-order valence-electron chi connectivity index (χ1n) is 12.0. The second-order valence-corrected chi connectivity index (χ2v) is 10.7. The molecule has 1 spiro atoms. The molecule has 1 aliphatic carbocycles. The van der Waals surface area contributed by atoms with Gasteiger partial charge in [-0.1, -0.05) is 47.5 Å². The summed E-state index contributed by atoms with van der Waals surface area (Å²) in [5.74, 6) is 1.75. The molecule has 35 heavy (non-hydrogen) atoms. The highest BCUT2D eigenvalue weighted by Gasteiger charge is 2.40. The molecule has 176 valence electrons. The van der Waals surface area contributed by atoms with Gasteiger partial charge in [-0.15, -0.1) is 0 Å². The van der Waals surface area contributed by atoms with Crippen molar-refractivity contribution in [1.29, 1.82) is 0 Å².